The lowest BCUT2D eigenvalue weighted by atomic mass is 10.1. The molecular formula is C32H28ClNO5. The number of hydrogen-bond acceptors (Lipinski definition) is 5. The maximum atomic E-state index is 12.6. The van der Waals surface area contributed by atoms with Crippen molar-refractivity contribution >= 4 is 35.2 Å². The first kappa shape index (κ1) is 27.5. The van der Waals surface area contributed by atoms with Crippen molar-refractivity contribution < 1.29 is 23.8 Å². The predicted molar refractivity (Wildman–Crippen MR) is 154 cm³/mol. The van der Waals surface area contributed by atoms with E-state index in [4.69, 9.17) is 25.8 Å². The van der Waals surface area contributed by atoms with Gasteiger partial charge in [-0.15, -0.1) is 0 Å². The molecule has 6 nitrogen and oxygen atoms in total. The second-order valence-corrected chi connectivity index (χ2v) is 9.31. The molecule has 0 fully saturated rings. The van der Waals surface area contributed by atoms with E-state index in [-0.39, 0.29) is 5.91 Å². The van der Waals surface area contributed by atoms with Crippen LogP contribution in [0.1, 0.15) is 32.6 Å². The third-order valence-corrected chi connectivity index (χ3v) is 6.14. The molecule has 4 aromatic carbocycles. The van der Waals surface area contributed by atoms with Crippen molar-refractivity contribution in [1.29, 1.82) is 0 Å². The molecule has 0 heterocycles. The van der Waals surface area contributed by atoms with Crippen LogP contribution in [0.3, 0.4) is 0 Å². The number of esters is 1. The Labute approximate surface area is 232 Å². The van der Waals surface area contributed by atoms with Gasteiger partial charge < -0.3 is 19.5 Å². The van der Waals surface area contributed by atoms with Gasteiger partial charge in [0.1, 0.15) is 12.4 Å². The fourth-order valence-corrected chi connectivity index (χ4v) is 3.83. The molecule has 0 aromatic heterocycles. The van der Waals surface area contributed by atoms with Crippen LogP contribution in [0.2, 0.25) is 5.02 Å². The van der Waals surface area contributed by atoms with E-state index in [1.165, 1.54) is 6.08 Å². The molecule has 0 aliphatic carbocycles. The molecule has 4 rings (SSSR count). The monoisotopic (exact) mass is 541 g/mol. The average molecular weight is 542 g/mol. The molecular weight excluding hydrogens is 514 g/mol. The number of carbonyl (C=O) groups excluding carboxylic acids is 2. The summed E-state index contributed by atoms with van der Waals surface area (Å²) in [4.78, 5) is 25.0. The van der Waals surface area contributed by atoms with Crippen molar-refractivity contribution in [1.82, 2.24) is 0 Å². The summed E-state index contributed by atoms with van der Waals surface area (Å²) >= 11 is 5.93. The number of anilines is 1. The summed E-state index contributed by atoms with van der Waals surface area (Å²) in [6, 6.07) is 25.0. The average Bonchev–Trinajstić information content (AvgIpc) is 2.94. The van der Waals surface area contributed by atoms with Gasteiger partial charge in [0.2, 0.25) is 0 Å². The largest absolute Gasteiger partial charge is 0.493 e. The summed E-state index contributed by atoms with van der Waals surface area (Å²) in [7, 11) is 1.55. The maximum Gasteiger partial charge on any atom is 0.336 e. The molecule has 0 bridgehead atoms. The standard InChI is InChI=1S/C32H28ClNO5/c1-21-4-5-22(2)28(18-21)34-32(36)25-10-14-27(15-11-25)39-31(35)17-9-23-8-16-29(30(19-23)37-3)38-20-24-6-12-26(33)13-7-24/h4-19H,20H2,1-3H3,(H,34,36)/b17-9+. The highest BCUT2D eigenvalue weighted by molar-refractivity contribution is 6.30. The first-order chi connectivity index (χ1) is 18.8. The number of rotatable bonds is 9. The summed E-state index contributed by atoms with van der Waals surface area (Å²) < 4.78 is 16.7. The highest BCUT2D eigenvalue weighted by atomic mass is 35.5. The number of hydrogen-bond donors (Lipinski definition) is 1. The lowest BCUT2D eigenvalue weighted by molar-refractivity contribution is -0.128. The van der Waals surface area contributed by atoms with Crippen LogP contribution in [0.4, 0.5) is 5.69 Å². The Morgan fingerprint density at radius 2 is 1.62 bits per heavy atom. The molecule has 0 unspecified atom stereocenters. The number of methoxy groups -OCH3 is 1. The number of amides is 1. The molecule has 1 N–H and O–H groups in total. The Morgan fingerprint density at radius 3 is 2.33 bits per heavy atom. The lowest BCUT2D eigenvalue weighted by Gasteiger charge is -2.11. The SMILES string of the molecule is COc1cc(/C=C/C(=O)Oc2ccc(C(=O)Nc3cc(C)ccc3C)cc2)ccc1OCc1ccc(Cl)cc1. The van der Waals surface area contributed by atoms with Gasteiger partial charge >= 0.3 is 5.97 Å². The third-order valence-electron chi connectivity index (χ3n) is 5.88. The van der Waals surface area contributed by atoms with Crippen LogP contribution in [-0.2, 0) is 11.4 Å². The molecule has 0 aliphatic rings. The minimum Gasteiger partial charge on any atom is -0.493 e. The molecule has 0 spiro atoms. The van der Waals surface area contributed by atoms with Crippen molar-refractivity contribution in [2.45, 2.75) is 20.5 Å². The highest BCUT2D eigenvalue weighted by Crippen LogP contribution is 2.29. The fourth-order valence-electron chi connectivity index (χ4n) is 3.70. The van der Waals surface area contributed by atoms with Gasteiger partial charge in [-0.1, -0.05) is 41.9 Å². The van der Waals surface area contributed by atoms with Crippen molar-refractivity contribution in [3.8, 4) is 17.2 Å². The first-order valence-corrected chi connectivity index (χ1v) is 12.6. The normalized spacial score (nSPS) is 10.8. The van der Waals surface area contributed by atoms with Crippen LogP contribution in [0, 0.1) is 13.8 Å². The van der Waals surface area contributed by atoms with Gasteiger partial charge in [-0.05, 0) is 96.8 Å². The van der Waals surface area contributed by atoms with Gasteiger partial charge in [0.05, 0.1) is 7.11 Å². The zero-order chi connectivity index (χ0) is 27.8. The van der Waals surface area contributed by atoms with E-state index < -0.39 is 5.97 Å². The van der Waals surface area contributed by atoms with Crippen LogP contribution >= 0.6 is 11.6 Å². The smallest absolute Gasteiger partial charge is 0.336 e. The van der Waals surface area contributed by atoms with E-state index >= 15 is 0 Å². The van der Waals surface area contributed by atoms with Crippen LogP contribution in [0.25, 0.3) is 6.08 Å². The zero-order valence-electron chi connectivity index (χ0n) is 21.9. The van der Waals surface area contributed by atoms with E-state index in [9.17, 15) is 9.59 Å². The maximum absolute atomic E-state index is 12.6. The second kappa shape index (κ2) is 12.8. The van der Waals surface area contributed by atoms with Crippen molar-refractivity contribution in [3.05, 3.63) is 124 Å². The number of nitrogens with one attached hydrogen (secondary N) is 1. The lowest BCUT2D eigenvalue weighted by Crippen LogP contribution is -2.13. The van der Waals surface area contributed by atoms with E-state index in [0.717, 1.165) is 27.9 Å². The topological polar surface area (TPSA) is 73.9 Å². The molecule has 0 aliphatic heterocycles. The van der Waals surface area contributed by atoms with Crippen LogP contribution < -0.4 is 19.5 Å². The minimum absolute atomic E-state index is 0.240. The van der Waals surface area contributed by atoms with Gasteiger partial charge in [-0.3, -0.25) is 4.79 Å². The summed E-state index contributed by atoms with van der Waals surface area (Å²) in [6.07, 6.45) is 2.95. The molecule has 1 amide bonds. The molecule has 0 radical (unpaired) electrons. The van der Waals surface area contributed by atoms with E-state index in [1.54, 1.807) is 49.6 Å². The van der Waals surface area contributed by atoms with E-state index in [2.05, 4.69) is 5.32 Å². The first-order valence-electron chi connectivity index (χ1n) is 12.2. The summed E-state index contributed by atoms with van der Waals surface area (Å²) in [5.74, 6) is 0.653. The Bertz CT molecular complexity index is 1490. The number of carbonyl (C=O) groups is 2. The molecule has 0 saturated heterocycles. The predicted octanol–water partition coefficient (Wildman–Crippen LogP) is 7.42. The van der Waals surface area contributed by atoms with Gasteiger partial charge in [0.25, 0.3) is 5.91 Å². The number of ether oxygens (including phenoxy) is 3. The van der Waals surface area contributed by atoms with E-state index in [0.29, 0.717) is 34.4 Å². The Balaban J connectivity index is 1.33. The molecule has 7 heteroatoms. The van der Waals surface area contributed by atoms with Crippen molar-refractivity contribution in [2.24, 2.45) is 0 Å². The van der Waals surface area contributed by atoms with Gasteiger partial charge in [0, 0.05) is 22.3 Å². The Hall–Kier alpha value is -4.55. The molecule has 0 saturated carbocycles. The Kier molecular flexibility index (Phi) is 9.02. The number of benzene rings is 4. The van der Waals surface area contributed by atoms with Crippen molar-refractivity contribution in [3.63, 3.8) is 0 Å². The van der Waals surface area contributed by atoms with Gasteiger partial charge in [-0.25, -0.2) is 4.79 Å². The van der Waals surface area contributed by atoms with Crippen LogP contribution in [-0.4, -0.2) is 19.0 Å². The third kappa shape index (κ3) is 7.72. The van der Waals surface area contributed by atoms with E-state index in [1.807, 2.05) is 62.4 Å². The van der Waals surface area contributed by atoms with Gasteiger partial charge in [-0.2, -0.15) is 0 Å². The molecule has 4 aromatic rings. The van der Waals surface area contributed by atoms with Crippen LogP contribution in [0.5, 0.6) is 17.2 Å². The Morgan fingerprint density at radius 1 is 0.872 bits per heavy atom. The quantitative estimate of drug-likeness (QED) is 0.136. The second-order valence-electron chi connectivity index (χ2n) is 8.88. The highest BCUT2D eigenvalue weighted by Gasteiger charge is 2.10. The summed E-state index contributed by atoms with van der Waals surface area (Å²) in [5.41, 5.74) is 4.96. The summed E-state index contributed by atoms with van der Waals surface area (Å²) in [6.45, 7) is 4.27. The van der Waals surface area contributed by atoms with Crippen LogP contribution in [0.15, 0.2) is 91.0 Å². The number of halogens is 1. The minimum atomic E-state index is -0.551. The molecule has 198 valence electrons. The summed E-state index contributed by atoms with van der Waals surface area (Å²) in [5, 5.41) is 3.58. The zero-order valence-corrected chi connectivity index (χ0v) is 22.6. The van der Waals surface area contributed by atoms with Gasteiger partial charge in [0.15, 0.2) is 11.5 Å². The fraction of sp³-hybridized carbons (Fsp3) is 0.125. The van der Waals surface area contributed by atoms with Crippen molar-refractivity contribution in [2.75, 3.05) is 12.4 Å². The molecule has 39 heavy (non-hydrogen) atoms. The number of aryl methyl sites for hydroxylation is 2. The molecule has 0 atom stereocenters.